The van der Waals surface area contributed by atoms with Crippen LogP contribution in [0.5, 0.6) is 0 Å². The fourth-order valence-electron chi connectivity index (χ4n) is 1.39. The first kappa shape index (κ1) is 15.8. The number of hydrogen-bond acceptors (Lipinski definition) is 4. The van der Waals surface area contributed by atoms with Gasteiger partial charge < -0.3 is 4.74 Å². The number of rotatable bonds is 4. The lowest BCUT2D eigenvalue weighted by molar-refractivity contribution is -0.283. The molecule has 0 radical (unpaired) electrons. The molecule has 0 bridgehead atoms. The molecule has 1 aromatic carbocycles. The molecule has 0 aromatic heterocycles. The Kier molecular flexibility index (Phi) is 5.60. The highest BCUT2D eigenvalue weighted by molar-refractivity contribution is 6.30. The van der Waals surface area contributed by atoms with Crippen LogP contribution in [0.4, 0.5) is 4.79 Å². The van der Waals surface area contributed by atoms with Gasteiger partial charge in [0.25, 0.3) is 0 Å². The number of halogens is 1. The molecule has 0 fully saturated rings. The number of alkyl carbamates (subject to hydrolysis) is 1. The Labute approximate surface area is 117 Å². The van der Waals surface area contributed by atoms with E-state index < -0.39 is 17.9 Å². The van der Waals surface area contributed by atoms with Crippen LogP contribution >= 0.6 is 11.6 Å². The second-order valence-corrected chi connectivity index (χ2v) is 5.51. The second kappa shape index (κ2) is 6.75. The predicted octanol–water partition coefficient (Wildman–Crippen LogP) is 3.22. The van der Waals surface area contributed by atoms with E-state index in [1.807, 2.05) is 0 Å². The van der Waals surface area contributed by atoms with Crippen molar-refractivity contribution in [3.8, 4) is 0 Å². The van der Waals surface area contributed by atoms with E-state index in [2.05, 4.69) is 10.2 Å². The predicted molar refractivity (Wildman–Crippen MR) is 72.0 cm³/mol. The van der Waals surface area contributed by atoms with Gasteiger partial charge in [-0.25, -0.2) is 14.9 Å². The fourth-order valence-corrected chi connectivity index (χ4v) is 1.51. The maximum Gasteiger partial charge on any atom is 0.409 e. The van der Waals surface area contributed by atoms with Crippen LogP contribution in [-0.4, -0.2) is 23.2 Å². The van der Waals surface area contributed by atoms with Crippen molar-refractivity contribution >= 4 is 17.7 Å². The molecule has 19 heavy (non-hydrogen) atoms. The molecule has 1 amide bonds. The molecule has 6 heteroatoms. The quantitative estimate of drug-likeness (QED) is 0.507. The lowest BCUT2D eigenvalue weighted by Gasteiger charge is -2.22. The monoisotopic (exact) mass is 287 g/mol. The molecule has 5 nitrogen and oxygen atoms in total. The maximum atomic E-state index is 11.5. The molecule has 1 unspecified atom stereocenters. The standard InChI is InChI=1S/C13H18ClNO4/c1-13(2,3)18-12(16)15-11(19-17)8-9-4-6-10(14)7-5-9/h4-7,11,17H,8H2,1-3H3,(H,15,16). The normalized spacial score (nSPS) is 12.9. The van der Waals surface area contributed by atoms with Gasteiger partial charge in [-0.2, -0.15) is 0 Å². The highest BCUT2D eigenvalue weighted by atomic mass is 35.5. The van der Waals surface area contributed by atoms with Crippen LogP contribution in [0.15, 0.2) is 24.3 Å². The Balaban J connectivity index is 2.54. The van der Waals surface area contributed by atoms with Gasteiger partial charge in [-0.05, 0) is 38.5 Å². The average molecular weight is 288 g/mol. The second-order valence-electron chi connectivity index (χ2n) is 5.07. The summed E-state index contributed by atoms with van der Waals surface area (Å²) in [6.07, 6.45) is -1.23. The molecule has 0 saturated carbocycles. The van der Waals surface area contributed by atoms with Gasteiger partial charge in [-0.3, -0.25) is 5.32 Å². The van der Waals surface area contributed by atoms with E-state index in [9.17, 15) is 4.79 Å². The third kappa shape index (κ3) is 6.42. The number of amides is 1. The first-order valence-corrected chi connectivity index (χ1v) is 6.22. The summed E-state index contributed by atoms with van der Waals surface area (Å²) in [6.45, 7) is 5.25. The Morgan fingerprint density at radius 1 is 1.37 bits per heavy atom. The summed E-state index contributed by atoms with van der Waals surface area (Å²) < 4.78 is 5.06. The van der Waals surface area contributed by atoms with Crippen molar-refractivity contribution in [2.45, 2.75) is 39.0 Å². The van der Waals surface area contributed by atoms with E-state index in [1.165, 1.54) is 0 Å². The summed E-state index contributed by atoms with van der Waals surface area (Å²) in [6, 6.07) is 7.01. The summed E-state index contributed by atoms with van der Waals surface area (Å²) in [5.74, 6) is 0. The van der Waals surface area contributed by atoms with Crippen LogP contribution in [0.25, 0.3) is 0 Å². The minimum atomic E-state index is -0.879. The first-order chi connectivity index (χ1) is 8.80. The highest BCUT2D eigenvalue weighted by Crippen LogP contribution is 2.12. The lowest BCUT2D eigenvalue weighted by Crippen LogP contribution is -2.41. The topological polar surface area (TPSA) is 67.8 Å². The molecule has 0 heterocycles. The molecule has 1 aromatic rings. The van der Waals surface area contributed by atoms with Crippen LogP contribution < -0.4 is 5.32 Å². The zero-order valence-corrected chi connectivity index (χ0v) is 11.9. The van der Waals surface area contributed by atoms with Gasteiger partial charge in [0, 0.05) is 11.4 Å². The Bertz CT molecular complexity index is 414. The number of carbonyl (C=O) groups excluding carboxylic acids is 1. The van der Waals surface area contributed by atoms with Gasteiger partial charge in [0.15, 0.2) is 6.23 Å². The molecular weight excluding hydrogens is 270 g/mol. The maximum absolute atomic E-state index is 11.5. The molecule has 0 aliphatic rings. The van der Waals surface area contributed by atoms with Crippen molar-refractivity contribution in [1.29, 1.82) is 0 Å². The fraction of sp³-hybridized carbons (Fsp3) is 0.462. The number of nitrogens with one attached hydrogen (secondary N) is 1. The zero-order valence-electron chi connectivity index (χ0n) is 11.1. The third-order valence-corrected chi connectivity index (χ3v) is 2.39. The molecule has 2 N–H and O–H groups in total. The molecule has 0 aliphatic heterocycles. The van der Waals surface area contributed by atoms with Crippen LogP contribution in [0.1, 0.15) is 26.3 Å². The van der Waals surface area contributed by atoms with Gasteiger partial charge in [0.05, 0.1) is 0 Å². The smallest absolute Gasteiger partial charge is 0.409 e. The molecule has 0 aliphatic carbocycles. The summed E-state index contributed by atoms with van der Waals surface area (Å²) in [5.41, 5.74) is 0.254. The highest BCUT2D eigenvalue weighted by Gasteiger charge is 2.20. The molecule has 106 valence electrons. The van der Waals surface area contributed by atoms with Crippen molar-refractivity contribution in [2.24, 2.45) is 0 Å². The SMILES string of the molecule is CC(C)(C)OC(=O)NC(Cc1ccc(Cl)cc1)OO. The first-order valence-electron chi connectivity index (χ1n) is 5.84. The van der Waals surface area contributed by atoms with E-state index in [-0.39, 0.29) is 0 Å². The Morgan fingerprint density at radius 3 is 2.42 bits per heavy atom. The van der Waals surface area contributed by atoms with E-state index >= 15 is 0 Å². The van der Waals surface area contributed by atoms with Crippen LogP contribution in [-0.2, 0) is 16.0 Å². The summed E-state index contributed by atoms with van der Waals surface area (Å²) in [4.78, 5) is 15.8. The van der Waals surface area contributed by atoms with Crippen molar-refractivity contribution in [1.82, 2.24) is 5.32 Å². The zero-order chi connectivity index (χ0) is 14.5. The molecule has 1 atom stereocenters. The van der Waals surface area contributed by atoms with Crippen LogP contribution in [0, 0.1) is 0 Å². The summed E-state index contributed by atoms with van der Waals surface area (Å²) >= 11 is 5.77. The van der Waals surface area contributed by atoms with Crippen LogP contribution in [0.2, 0.25) is 5.02 Å². The van der Waals surface area contributed by atoms with Crippen molar-refractivity contribution < 1.29 is 19.7 Å². The molecule has 1 rings (SSSR count). The molecular formula is C13H18ClNO4. The summed E-state index contributed by atoms with van der Waals surface area (Å²) in [5, 5.41) is 11.8. The number of ether oxygens (including phenoxy) is 1. The van der Waals surface area contributed by atoms with Gasteiger partial charge in [-0.1, -0.05) is 23.7 Å². The van der Waals surface area contributed by atoms with E-state index in [4.69, 9.17) is 21.6 Å². The van der Waals surface area contributed by atoms with Crippen molar-refractivity contribution in [3.63, 3.8) is 0 Å². The lowest BCUT2D eigenvalue weighted by atomic mass is 10.1. The average Bonchev–Trinajstić information content (AvgIpc) is 2.28. The third-order valence-electron chi connectivity index (χ3n) is 2.14. The molecule has 0 spiro atoms. The van der Waals surface area contributed by atoms with E-state index in [0.717, 1.165) is 5.56 Å². The van der Waals surface area contributed by atoms with Gasteiger partial charge in [0.1, 0.15) is 5.60 Å². The Morgan fingerprint density at radius 2 is 1.95 bits per heavy atom. The van der Waals surface area contributed by atoms with Crippen molar-refractivity contribution in [2.75, 3.05) is 0 Å². The summed E-state index contributed by atoms with van der Waals surface area (Å²) in [7, 11) is 0. The van der Waals surface area contributed by atoms with E-state index in [0.29, 0.717) is 11.4 Å². The van der Waals surface area contributed by atoms with Crippen molar-refractivity contribution in [3.05, 3.63) is 34.9 Å². The van der Waals surface area contributed by atoms with Crippen LogP contribution in [0.3, 0.4) is 0 Å². The van der Waals surface area contributed by atoms with Gasteiger partial charge >= 0.3 is 6.09 Å². The van der Waals surface area contributed by atoms with Gasteiger partial charge in [-0.15, -0.1) is 0 Å². The minimum absolute atomic E-state index is 0.299. The molecule has 0 saturated heterocycles. The number of hydrogen-bond donors (Lipinski definition) is 2. The van der Waals surface area contributed by atoms with Gasteiger partial charge in [0.2, 0.25) is 0 Å². The number of carbonyl (C=O) groups is 1. The Hall–Kier alpha value is -1.30. The minimum Gasteiger partial charge on any atom is -0.444 e. The van der Waals surface area contributed by atoms with E-state index in [1.54, 1.807) is 45.0 Å². The largest absolute Gasteiger partial charge is 0.444 e. The number of benzene rings is 1.